The number of rotatable bonds is 7. The summed E-state index contributed by atoms with van der Waals surface area (Å²) < 4.78 is 40.6. The van der Waals surface area contributed by atoms with Gasteiger partial charge in [-0.3, -0.25) is 9.78 Å². The summed E-state index contributed by atoms with van der Waals surface area (Å²) in [6.07, 6.45) is -2.91. The minimum absolute atomic E-state index is 0.0517. The number of fused-ring (bicyclic) bond motifs is 1. The van der Waals surface area contributed by atoms with Crippen LogP contribution in [0.1, 0.15) is 28.7 Å². The van der Waals surface area contributed by atoms with Gasteiger partial charge in [-0.2, -0.15) is 18.4 Å². The van der Waals surface area contributed by atoms with Crippen molar-refractivity contribution in [3.63, 3.8) is 0 Å². The third kappa shape index (κ3) is 5.41. The number of nitrogens with zero attached hydrogens (tertiary/aromatic N) is 2. The highest BCUT2D eigenvalue weighted by atomic mass is 19.4. The average molecular weight is 475 g/mol. The van der Waals surface area contributed by atoms with E-state index in [1.54, 1.807) is 18.2 Å². The van der Waals surface area contributed by atoms with E-state index in [0.717, 1.165) is 22.9 Å². The first-order valence-corrected chi connectivity index (χ1v) is 10.8. The predicted octanol–water partition coefficient (Wildman–Crippen LogP) is 6.42. The van der Waals surface area contributed by atoms with Crippen LogP contribution in [0.4, 0.5) is 18.9 Å². The predicted molar refractivity (Wildman–Crippen MR) is 127 cm³/mol. The number of anilines is 1. The van der Waals surface area contributed by atoms with Gasteiger partial charge < -0.3 is 10.4 Å². The van der Waals surface area contributed by atoms with Crippen LogP contribution in [0, 0.1) is 11.3 Å². The van der Waals surface area contributed by atoms with Crippen LogP contribution < -0.4 is 5.32 Å². The van der Waals surface area contributed by atoms with Gasteiger partial charge in [-0.15, -0.1) is 0 Å². The van der Waals surface area contributed by atoms with Crippen molar-refractivity contribution in [3.8, 4) is 17.2 Å². The summed E-state index contributed by atoms with van der Waals surface area (Å²) in [4.78, 5) is 14.8. The maximum absolute atomic E-state index is 13.5. The smallest absolute Gasteiger partial charge is 0.418 e. The van der Waals surface area contributed by atoms with E-state index in [1.165, 1.54) is 18.3 Å². The summed E-state index contributed by atoms with van der Waals surface area (Å²) in [6.45, 7) is 0.463. The number of carboxylic acids is 1. The lowest BCUT2D eigenvalue weighted by Gasteiger charge is -2.14. The highest BCUT2D eigenvalue weighted by Gasteiger charge is 2.33. The monoisotopic (exact) mass is 475 g/mol. The number of pyridine rings is 1. The normalized spacial score (nSPS) is 11.3. The number of hydrogen-bond acceptors (Lipinski definition) is 4. The maximum atomic E-state index is 13.5. The minimum Gasteiger partial charge on any atom is -0.481 e. The van der Waals surface area contributed by atoms with Crippen LogP contribution in [-0.4, -0.2) is 16.1 Å². The van der Waals surface area contributed by atoms with E-state index >= 15 is 0 Å². The number of aliphatic carboxylic acids is 1. The van der Waals surface area contributed by atoms with Crippen molar-refractivity contribution in [2.75, 3.05) is 5.32 Å². The van der Waals surface area contributed by atoms with Gasteiger partial charge in [-0.1, -0.05) is 48.5 Å². The molecule has 1 aromatic heterocycles. The molecule has 4 aromatic rings. The molecule has 4 rings (SSSR count). The van der Waals surface area contributed by atoms with Crippen LogP contribution >= 0.6 is 0 Å². The summed E-state index contributed by atoms with van der Waals surface area (Å²) in [5.74, 6) is -0.854. The van der Waals surface area contributed by atoms with Gasteiger partial charge in [0.25, 0.3) is 0 Å². The zero-order chi connectivity index (χ0) is 25.0. The Hall–Kier alpha value is -4.38. The Bertz CT molecular complexity index is 1440. The maximum Gasteiger partial charge on any atom is 0.418 e. The lowest BCUT2D eigenvalue weighted by atomic mass is 9.95. The Balaban J connectivity index is 1.66. The van der Waals surface area contributed by atoms with Gasteiger partial charge in [0, 0.05) is 35.8 Å². The molecule has 0 aliphatic heterocycles. The molecule has 0 amide bonds. The number of nitrogens with one attached hydrogen (secondary N) is 1. The minimum atomic E-state index is -4.57. The topological polar surface area (TPSA) is 86.0 Å². The van der Waals surface area contributed by atoms with Crippen LogP contribution in [-0.2, 0) is 23.9 Å². The molecule has 0 saturated carbocycles. The second-order valence-corrected chi connectivity index (χ2v) is 8.01. The number of alkyl halides is 3. The van der Waals surface area contributed by atoms with Gasteiger partial charge in [-0.25, -0.2) is 0 Å². The fraction of sp³-hybridized carbons (Fsp3) is 0.148. The molecule has 35 heavy (non-hydrogen) atoms. The second kappa shape index (κ2) is 9.85. The van der Waals surface area contributed by atoms with Crippen molar-refractivity contribution in [2.24, 2.45) is 0 Å². The first kappa shape index (κ1) is 23.8. The van der Waals surface area contributed by atoms with Gasteiger partial charge in [0.1, 0.15) is 6.07 Å². The molecule has 0 aliphatic rings. The fourth-order valence-corrected chi connectivity index (χ4v) is 3.98. The zero-order valence-electron chi connectivity index (χ0n) is 18.4. The van der Waals surface area contributed by atoms with Gasteiger partial charge in [0.05, 0.1) is 16.6 Å². The number of carboxylic acid groups (broad SMARTS) is 1. The van der Waals surface area contributed by atoms with Crippen molar-refractivity contribution < 1.29 is 23.1 Å². The number of carbonyl (C=O) groups is 1. The quantitative estimate of drug-likeness (QED) is 0.322. The van der Waals surface area contributed by atoms with Crippen LogP contribution in [0.2, 0.25) is 0 Å². The average Bonchev–Trinajstić information content (AvgIpc) is 2.85. The molecule has 0 atom stereocenters. The van der Waals surface area contributed by atoms with E-state index < -0.39 is 17.7 Å². The lowest BCUT2D eigenvalue weighted by molar-refractivity contribution is -0.137. The first-order chi connectivity index (χ1) is 16.8. The highest BCUT2D eigenvalue weighted by Crippen LogP contribution is 2.38. The third-order valence-electron chi connectivity index (χ3n) is 5.59. The zero-order valence-corrected chi connectivity index (χ0v) is 18.4. The number of aryl methyl sites for hydroxylation is 1. The number of aromatic nitrogens is 1. The van der Waals surface area contributed by atoms with Crippen molar-refractivity contribution in [1.82, 2.24) is 4.98 Å². The lowest BCUT2D eigenvalue weighted by Crippen LogP contribution is -2.07. The number of benzene rings is 3. The summed E-state index contributed by atoms with van der Waals surface area (Å²) in [5.41, 5.74) is 2.71. The molecule has 0 fully saturated rings. The molecule has 3 aromatic carbocycles. The molecule has 0 bridgehead atoms. The van der Waals surface area contributed by atoms with Gasteiger partial charge in [0.15, 0.2) is 0 Å². The summed E-state index contributed by atoms with van der Waals surface area (Å²) in [5, 5.41) is 22.1. The summed E-state index contributed by atoms with van der Waals surface area (Å²) in [6, 6.07) is 20.6. The van der Waals surface area contributed by atoms with Gasteiger partial charge in [0.2, 0.25) is 0 Å². The second-order valence-electron chi connectivity index (χ2n) is 8.01. The van der Waals surface area contributed by atoms with Crippen LogP contribution in [0.15, 0.2) is 72.9 Å². The van der Waals surface area contributed by atoms with E-state index in [-0.39, 0.29) is 22.9 Å². The van der Waals surface area contributed by atoms with Crippen LogP contribution in [0.3, 0.4) is 0 Å². The standard InChI is InChI=1S/C27H20F3N3O2/c28-27(29,30)23-9-3-8-22-25(20(14-31)16-33-26(22)23)19-6-2-7-21(13-19)32-15-18-5-1-4-17(12-18)10-11-24(34)35/h1-9,12-13,16,32H,10-11,15H2,(H,34,35). The number of halogens is 3. The molecule has 0 spiro atoms. The Morgan fingerprint density at radius 2 is 1.77 bits per heavy atom. The number of hydrogen-bond donors (Lipinski definition) is 2. The molecule has 1 heterocycles. The Kier molecular flexibility index (Phi) is 6.69. The Labute approximate surface area is 199 Å². The molecular weight excluding hydrogens is 455 g/mol. The Morgan fingerprint density at radius 1 is 1.03 bits per heavy atom. The number of para-hydroxylation sites is 1. The van der Waals surface area contributed by atoms with E-state index in [0.29, 0.717) is 24.1 Å². The molecule has 2 N–H and O–H groups in total. The molecule has 176 valence electrons. The summed E-state index contributed by atoms with van der Waals surface area (Å²) in [7, 11) is 0. The SMILES string of the molecule is N#Cc1cnc2c(C(F)(F)F)cccc2c1-c1cccc(NCc2cccc(CCC(=O)O)c2)c1. The molecule has 5 nitrogen and oxygen atoms in total. The highest BCUT2D eigenvalue weighted by molar-refractivity contribution is 5.99. The molecule has 8 heteroatoms. The van der Waals surface area contributed by atoms with Crippen LogP contribution in [0.25, 0.3) is 22.0 Å². The van der Waals surface area contributed by atoms with Gasteiger partial charge in [-0.05, 0) is 41.3 Å². The van der Waals surface area contributed by atoms with E-state index in [4.69, 9.17) is 5.11 Å². The van der Waals surface area contributed by atoms with Gasteiger partial charge >= 0.3 is 12.1 Å². The summed E-state index contributed by atoms with van der Waals surface area (Å²) >= 11 is 0. The van der Waals surface area contributed by atoms with E-state index in [2.05, 4.69) is 10.3 Å². The molecule has 0 saturated heterocycles. The number of nitriles is 1. The van der Waals surface area contributed by atoms with Crippen LogP contribution in [0.5, 0.6) is 0 Å². The largest absolute Gasteiger partial charge is 0.481 e. The van der Waals surface area contributed by atoms with E-state index in [1.807, 2.05) is 36.4 Å². The Morgan fingerprint density at radius 3 is 2.51 bits per heavy atom. The first-order valence-electron chi connectivity index (χ1n) is 10.8. The molecule has 0 radical (unpaired) electrons. The molecule has 0 unspecified atom stereocenters. The fourth-order valence-electron chi connectivity index (χ4n) is 3.98. The van der Waals surface area contributed by atoms with Crippen molar-refractivity contribution in [3.05, 3.63) is 95.2 Å². The van der Waals surface area contributed by atoms with Crippen molar-refractivity contribution in [2.45, 2.75) is 25.6 Å². The van der Waals surface area contributed by atoms with Crippen molar-refractivity contribution >= 4 is 22.6 Å². The van der Waals surface area contributed by atoms with Crippen molar-refractivity contribution in [1.29, 1.82) is 5.26 Å². The van der Waals surface area contributed by atoms with E-state index in [9.17, 15) is 23.2 Å². The third-order valence-corrected chi connectivity index (χ3v) is 5.59. The molecule has 0 aliphatic carbocycles. The molecular formula is C27H20F3N3O2.